The van der Waals surface area contributed by atoms with Gasteiger partial charge in [-0.3, -0.25) is 0 Å². The summed E-state index contributed by atoms with van der Waals surface area (Å²) in [4.78, 5) is 0.961. The summed E-state index contributed by atoms with van der Waals surface area (Å²) in [5.41, 5.74) is 0.109. The van der Waals surface area contributed by atoms with E-state index in [1.807, 2.05) is 12.1 Å². The van der Waals surface area contributed by atoms with Crippen LogP contribution in [0, 0.1) is 17.5 Å². The van der Waals surface area contributed by atoms with E-state index in [9.17, 15) is 13.2 Å². The molecule has 0 heterocycles. The summed E-state index contributed by atoms with van der Waals surface area (Å²) in [5.74, 6) is -3.30. The van der Waals surface area contributed by atoms with Crippen LogP contribution in [0.3, 0.4) is 0 Å². The maximum absolute atomic E-state index is 13.8. The maximum atomic E-state index is 13.8. The van der Waals surface area contributed by atoms with Gasteiger partial charge < -0.3 is 5.32 Å². The van der Waals surface area contributed by atoms with Crippen molar-refractivity contribution in [3.63, 3.8) is 0 Å². The molecule has 6 heteroatoms. The van der Waals surface area contributed by atoms with E-state index in [-0.39, 0.29) is 5.56 Å². The second kappa shape index (κ2) is 7.20. The van der Waals surface area contributed by atoms with Crippen LogP contribution in [0.4, 0.5) is 13.2 Å². The molecule has 2 aromatic carbocycles. The van der Waals surface area contributed by atoms with Gasteiger partial charge in [-0.25, -0.2) is 13.2 Å². The molecule has 0 bridgehead atoms. The van der Waals surface area contributed by atoms with Crippen molar-refractivity contribution in [1.82, 2.24) is 5.32 Å². The lowest BCUT2D eigenvalue weighted by Gasteiger charge is -2.17. The number of hydrogen-bond donors (Lipinski definition) is 1. The van der Waals surface area contributed by atoms with Crippen molar-refractivity contribution in [1.29, 1.82) is 0 Å². The monoisotopic (exact) mass is 331 g/mol. The highest BCUT2D eigenvalue weighted by Gasteiger charge is 2.19. The van der Waals surface area contributed by atoms with Crippen molar-refractivity contribution >= 4 is 23.4 Å². The first-order valence-electron chi connectivity index (χ1n) is 6.22. The van der Waals surface area contributed by atoms with Gasteiger partial charge >= 0.3 is 0 Å². The van der Waals surface area contributed by atoms with E-state index in [4.69, 9.17) is 11.6 Å². The van der Waals surface area contributed by atoms with Gasteiger partial charge in [0.05, 0.1) is 0 Å². The van der Waals surface area contributed by atoms with Gasteiger partial charge in [-0.2, -0.15) is 0 Å². The van der Waals surface area contributed by atoms with E-state index in [0.717, 1.165) is 11.0 Å². The van der Waals surface area contributed by atoms with E-state index in [1.165, 1.54) is 17.8 Å². The van der Waals surface area contributed by atoms with Crippen LogP contribution in [0.25, 0.3) is 0 Å². The summed E-state index contributed by atoms with van der Waals surface area (Å²) in [6.45, 7) is 0. The minimum absolute atomic E-state index is 0.109. The third-order valence-corrected chi connectivity index (χ3v) is 4.38. The van der Waals surface area contributed by atoms with E-state index < -0.39 is 23.5 Å². The summed E-state index contributed by atoms with van der Waals surface area (Å²) in [7, 11) is 1.65. The molecule has 0 radical (unpaired) electrons. The van der Waals surface area contributed by atoms with Crippen LogP contribution in [0.15, 0.2) is 41.3 Å². The van der Waals surface area contributed by atoms with Crippen molar-refractivity contribution in [2.24, 2.45) is 0 Å². The number of nitrogens with one attached hydrogen (secondary N) is 1. The van der Waals surface area contributed by atoms with Crippen LogP contribution < -0.4 is 5.32 Å². The zero-order valence-electron chi connectivity index (χ0n) is 11.2. The second-order valence-electron chi connectivity index (χ2n) is 4.37. The molecule has 0 saturated heterocycles. The molecule has 21 heavy (non-hydrogen) atoms. The number of benzene rings is 2. The van der Waals surface area contributed by atoms with Gasteiger partial charge in [-0.05, 0) is 37.4 Å². The molecule has 0 saturated carbocycles. The fourth-order valence-corrected chi connectivity index (χ4v) is 3.01. The predicted octanol–water partition coefficient (Wildman–Crippen LogP) is 4.81. The number of halogens is 4. The van der Waals surface area contributed by atoms with Crippen molar-refractivity contribution in [2.75, 3.05) is 12.8 Å². The Morgan fingerprint density at radius 1 is 1.05 bits per heavy atom. The Bertz CT molecular complexity index is 619. The first kappa shape index (κ1) is 16.2. The average Bonchev–Trinajstić information content (AvgIpc) is 2.49. The molecular formula is C15H13ClF3NS. The van der Waals surface area contributed by atoms with Gasteiger partial charge in [-0.1, -0.05) is 17.7 Å². The molecule has 2 aromatic rings. The summed E-state index contributed by atoms with van der Waals surface area (Å²) in [6, 6.07) is 8.98. The van der Waals surface area contributed by atoms with Gasteiger partial charge in [0.1, 0.15) is 0 Å². The topological polar surface area (TPSA) is 12.0 Å². The van der Waals surface area contributed by atoms with Gasteiger partial charge in [0.2, 0.25) is 0 Å². The van der Waals surface area contributed by atoms with Crippen molar-refractivity contribution in [3.8, 4) is 0 Å². The Morgan fingerprint density at radius 2 is 1.71 bits per heavy atom. The molecule has 0 spiro atoms. The summed E-state index contributed by atoms with van der Waals surface area (Å²) >= 11 is 7.27. The van der Waals surface area contributed by atoms with Crippen LogP contribution >= 0.6 is 23.4 Å². The molecule has 0 aliphatic carbocycles. The van der Waals surface area contributed by atoms with Crippen LogP contribution in [-0.2, 0) is 0 Å². The third kappa shape index (κ3) is 3.93. The SMILES string of the molecule is CNC(CSc1ccc(Cl)cc1)c1ccc(F)c(F)c1F. The minimum atomic E-state index is -1.44. The first-order valence-corrected chi connectivity index (χ1v) is 7.58. The van der Waals surface area contributed by atoms with Gasteiger partial charge in [-0.15, -0.1) is 11.8 Å². The molecule has 112 valence electrons. The van der Waals surface area contributed by atoms with E-state index >= 15 is 0 Å². The van der Waals surface area contributed by atoms with Gasteiger partial charge in [0, 0.05) is 27.3 Å². The van der Waals surface area contributed by atoms with Crippen LogP contribution in [0.1, 0.15) is 11.6 Å². The zero-order chi connectivity index (χ0) is 15.4. The second-order valence-corrected chi connectivity index (χ2v) is 5.90. The standard InChI is InChI=1S/C15H13ClF3NS/c1-20-13(8-21-10-4-2-9(16)3-5-10)11-6-7-12(17)15(19)14(11)18/h2-7,13,20H,8H2,1H3. The summed E-state index contributed by atoms with van der Waals surface area (Å²) < 4.78 is 40.1. The van der Waals surface area contributed by atoms with Crippen LogP contribution in [-0.4, -0.2) is 12.8 Å². The van der Waals surface area contributed by atoms with Crippen molar-refractivity contribution in [2.45, 2.75) is 10.9 Å². The van der Waals surface area contributed by atoms with E-state index in [0.29, 0.717) is 10.8 Å². The fraction of sp³-hybridized carbons (Fsp3) is 0.200. The predicted molar refractivity (Wildman–Crippen MR) is 80.3 cm³/mol. The first-order chi connectivity index (χ1) is 10.0. The number of rotatable bonds is 5. The molecular weight excluding hydrogens is 319 g/mol. The van der Waals surface area contributed by atoms with Crippen LogP contribution in [0.2, 0.25) is 5.02 Å². The Kier molecular flexibility index (Phi) is 5.56. The third-order valence-electron chi connectivity index (χ3n) is 3.02. The highest BCUT2D eigenvalue weighted by atomic mass is 35.5. The zero-order valence-corrected chi connectivity index (χ0v) is 12.7. The molecule has 0 aliphatic rings. The van der Waals surface area contributed by atoms with Gasteiger partial charge in [0.25, 0.3) is 0 Å². The lowest BCUT2D eigenvalue weighted by atomic mass is 10.1. The maximum Gasteiger partial charge on any atom is 0.194 e. The Balaban J connectivity index is 2.13. The summed E-state index contributed by atoms with van der Waals surface area (Å²) in [5, 5.41) is 3.55. The molecule has 0 aliphatic heterocycles. The molecule has 1 unspecified atom stereocenters. The highest BCUT2D eigenvalue weighted by Crippen LogP contribution is 2.28. The van der Waals surface area contributed by atoms with E-state index in [1.54, 1.807) is 19.2 Å². The average molecular weight is 332 g/mol. The molecule has 1 nitrogen and oxygen atoms in total. The van der Waals surface area contributed by atoms with Crippen molar-refractivity contribution < 1.29 is 13.2 Å². The molecule has 1 N–H and O–H groups in total. The number of thioether (sulfide) groups is 1. The Morgan fingerprint density at radius 3 is 2.33 bits per heavy atom. The fourth-order valence-electron chi connectivity index (χ4n) is 1.85. The molecule has 2 rings (SSSR count). The molecule has 0 aromatic heterocycles. The lowest BCUT2D eigenvalue weighted by Crippen LogP contribution is -2.20. The van der Waals surface area contributed by atoms with Crippen LogP contribution in [0.5, 0.6) is 0 Å². The largest absolute Gasteiger partial charge is 0.312 e. The number of hydrogen-bond acceptors (Lipinski definition) is 2. The molecule has 0 amide bonds. The van der Waals surface area contributed by atoms with Gasteiger partial charge in [0.15, 0.2) is 17.5 Å². The minimum Gasteiger partial charge on any atom is -0.312 e. The quantitative estimate of drug-likeness (QED) is 0.623. The molecule has 1 atom stereocenters. The Labute approximate surface area is 130 Å². The highest BCUT2D eigenvalue weighted by molar-refractivity contribution is 7.99. The van der Waals surface area contributed by atoms with Crippen molar-refractivity contribution in [3.05, 3.63) is 64.4 Å². The Hall–Kier alpha value is -1.17. The normalized spacial score (nSPS) is 12.4. The summed E-state index contributed by atoms with van der Waals surface area (Å²) in [6.07, 6.45) is 0. The molecule has 0 fully saturated rings. The van der Waals surface area contributed by atoms with E-state index in [2.05, 4.69) is 5.32 Å². The lowest BCUT2D eigenvalue weighted by molar-refractivity contribution is 0.433. The smallest absolute Gasteiger partial charge is 0.194 e.